The number of aliphatic hydroxyl groups excluding tert-OH is 1. The van der Waals surface area contributed by atoms with E-state index in [1.807, 2.05) is 23.1 Å². The molecule has 0 saturated carbocycles. The van der Waals surface area contributed by atoms with E-state index >= 15 is 0 Å². The smallest absolute Gasteiger partial charge is 0.0926 e. The standard InChI is InChI=1S/C17H23N3O2S/c1-19-15-6-7-20(10-13(15)14(11-21)18-19)9-12-4-5-17(23-12)16-3-2-8-22-16/h4-5,16,21H,2-3,6-11H2,1H3/t16-/m0/s1. The topological polar surface area (TPSA) is 50.5 Å². The van der Waals surface area contributed by atoms with E-state index in [9.17, 15) is 5.11 Å². The molecule has 2 aromatic rings. The monoisotopic (exact) mass is 333 g/mol. The van der Waals surface area contributed by atoms with Crippen molar-refractivity contribution in [3.63, 3.8) is 0 Å². The van der Waals surface area contributed by atoms with Gasteiger partial charge in [-0.25, -0.2) is 0 Å². The molecule has 0 aromatic carbocycles. The van der Waals surface area contributed by atoms with Crippen molar-refractivity contribution in [3.8, 4) is 0 Å². The molecule has 0 spiro atoms. The van der Waals surface area contributed by atoms with Crippen molar-refractivity contribution in [1.82, 2.24) is 14.7 Å². The number of hydrogen-bond donors (Lipinski definition) is 1. The Labute approximate surface area is 140 Å². The van der Waals surface area contributed by atoms with Gasteiger partial charge in [0, 0.05) is 60.7 Å². The molecule has 4 heterocycles. The van der Waals surface area contributed by atoms with E-state index < -0.39 is 0 Å². The van der Waals surface area contributed by atoms with Gasteiger partial charge in [0.25, 0.3) is 0 Å². The first kappa shape index (κ1) is 15.3. The van der Waals surface area contributed by atoms with Crippen molar-refractivity contribution in [2.24, 2.45) is 7.05 Å². The molecule has 2 aliphatic heterocycles. The molecule has 0 aliphatic carbocycles. The second kappa shape index (κ2) is 6.36. The van der Waals surface area contributed by atoms with E-state index in [4.69, 9.17) is 4.74 Å². The minimum absolute atomic E-state index is 0.0270. The van der Waals surface area contributed by atoms with Gasteiger partial charge in [0.15, 0.2) is 0 Å². The number of aryl methyl sites for hydroxylation is 1. The minimum Gasteiger partial charge on any atom is -0.390 e. The average molecular weight is 333 g/mol. The molecule has 1 N–H and O–H groups in total. The molecule has 23 heavy (non-hydrogen) atoms. The van der Waals surface area contributed by atoms with Crippen LogP contribution in [0.4, 0.5) is 0 Å². The fourth-order valence-corrected chi connectivity index (χ4v) is 4.80. The Bertz CT molecular complexity index is 688. The van der Waals surface area contributed by atoms with Gasteiger partial charge in [-0.3, -0.25) is 9.58 Å². The van der Waals surface area contributed by atoms with Crippen LogP contribution in [0, 0.1) is 0 Å². The highest BCUT2D eigenvalue weighted by atomic mass is 32.1. The molecule has 0 radical (unpaired) electrons. The lowest BCUT2D eigenvalue weighted by Crippen LogP contribution is -2.30. The average Bonchev–Trinajstić information content (AvgIpc) is 3.27. The Morgan fingerprint density at radius 3 is 3.13 bits per heavy atom. The fourth-order valence-electron chi connectivity index (χ4n) is 3.66. The van der Waals surface area contributed by atoms with Crippen LogP contribution in [0.25, 0.3) is 0 Å². The Kier molecular flexibility index (Phi) is 4.24. The SMILES string of the molecule is Cn1nc(CO)c2c1CCN(Cc1ccc([C@@H]3CCCO3)s1)C2. The van der Waals surface area contributed by atoms with E-state index in [0.717, 1.165) is 44.8 Å². The maximum atomic E-state index is 9.50. The third-order valence-corrected chi connectivity index (χ3v) is 6.03. The summed E-state index contributed by atoms with van der Waals surface area (Å²) in [6.45, 7) is 3.82. The lowest BCUT2D eigenvalue weighted by Gasteiger charge is -2.27. The number of hydrogen-bond acceptors (Lipinski definition) is 5. The van der Waals surface area contributed by atoms with Crippen molar-refractivity contribution in [3.05, 3.63) is 38.8 Å². The van der Waals surface area contributed by atoms with Crippen LogP contribution >= 0.6 is 11.3 Å². The molecule has 2 aliphatic rings. The summed E-state index contributed by atoms with van der Waals surface area (Å²) in [4.78, 5) is 5.22. The zero-order chi connectivity index (χ0) is 15.8. The van der Waals surface area contributed by atoms with Crippen molar-refractivity contribution < 1.29 is 9.84 Å². The number of aliphatic hydroxyl groups is 1. The van der Waals surface area contributed by atoms with Crippen molar-refractivity contribution in [2.45, 2.75) is 45.1 Å². The third-order valence-electron chi connectivity index (χ3n) is 4.86. The molecule has 5 nitrogen and oxygen atoms in total. The zero-order valence-corrected chi connectivity index (χ0v) is 14.3. The van der Waals surface area contributed by atoms with E-state index in [0.29, 0.717) is 6.10 Å². The Balaban J connectivity index is 1.45. The zero-order valence-electron chi connectivity index (χ0n) is 13.5. The highest BCUT2D eigenvalue weighted by molar-refractivity contribution is 7.12. The predicted molar refractivity (Wildman–Crippen MR) is 89.2 cm³/mol. The molecular weight excluding hydrogens is 310 g/mol. The Morgan fingerprint density at radius 1 is 1.43 bits per heavy atom. The van der Waals surface area contributed by atoms with Gasteiger partial charge >= 0.3 is 0 Å². The van der Waals surface area contributed by atoms with Crippen LogP contribution < -0.4 is 0 Å². The fraction of sp³-hybridized carbons (Fsp3) is 0.588. The first-order valence-electron chi connectivity index (χ1n) is 8.31. The largest absolute Gasteiger partial charge is 0.390 e. The molecule has 1 fully saturated rings. The first-order valence-corrected chi connectivity index (χ1v) is 9.13. The summed E-state index contributed by atoms with van der Waals surface area (Å²) in [7, 11) is 1.97. The van der Waals surface area contributed by atoms with Crippen molar-refractivity contribution >= 4 is 11.3 Å². The number of aromatic nitrogens is 2. The van der Waals surface area contributed by atoms with Crippen LogP contribution in [0.3, 0.4) is 0 Å². The van der Waals surface area contributed by atoms with E-state index in [2.05, 4.69) is 22.1 Å². The van der Waals surface area contributed by atoms with Gasteiger partial charge < -0.3 is 9.84 Å². The molecule has 0 bridgehead atoms. The number of thiophene rings is 1. The van der Waals surface area contributed by atoms with Gasteiger partial charge in [0.1, 0.15) is 0 Å². The second-order valence-corrected chi connectivity index (χ2v) is 7.62. The summed E-state index contributed by atoms with van der Waals surface area (Å²) in [5.41, 5.74) is 3.33. The normalized spacial score (nSPS) is 21.7. The number of fused-ring (bicyclic) bond motifs is 1. The van der Waals surface area contributed by atoms with Gasteiger partial charge in [-0.1, -0.05) is 0 Å². The Morgan fingerprint density at radius 2 is 2.35 bits per heavy atom. The van der Waals surface area contributed by atoms with Gasteiger partial charge in [0.2, 0.25) is 0 Å². The maximum absolute atomic E-state index is 9.50. The molecule has 1 atom stereocenters. The van der Waals surface area contributed by atoms with Gasteiger partial charge in [-0.15, -0.1) is 11.3 Å². The molecule has 2 aromatic heterocycles. The maximum Gasteiger partial charge on any atom is 0.0926 e. The minimum atomic E-state index is 0.0270. The van der Waals surface area contributed by atoms with E-state index in [-0.39, 0.29) is 6.61 Å². The van der Waals surface area contributed by atoms with Crippen LogP contribution in [-0.2, 0) is 37.9 Å². The molecule has 0 unspecified atom stereocenters. The summed E-state index contributed by atoms with van der Waals surface area (Å²) in [5.74, 6) is 0. The van der Waals surface area contributed by atoms with Gasteiger partial charge in [0.05, 0.1) is 18.4 Å². The molecule has 0 amide bonds. The summed E-state index contributed by atoms with van der Waals surface area (Å²) in [6, 6.07) is 4.47. The van der Waals surface area contributed by atoms with E-state index in [1.165, 1.54) is 27.4 Å². The molecule has 4 rings (SSSR count). The van der Waals surface area contributed by atoms with Crippen LogP contribution in [0.1, 0.15) is 45.7 Å². The number of nitrogens with zero attached hydrogens (tertiary/aromatic N) is 3. The molecule has 6 heteroatoms. The predicted octanol–water partition coefficient (Wildman–Crippen LogP) is 2.38. The third kappa shape index (κ3) is 2.96. The lowest BCUT2D eigenvalue weighted by molar-refractivity contribution is 0.114. The highest BCUT2D eigenvalue weighted by Crippen LogP contribution is 2.34. The van der Waals surface area contributed by atoms with Gasteiger partial charge in [-0.2, -0.15) is 5.10 Å². The summed E-state index contributed by atoms with van der Waals surface area (Å²) in [6.07, 6.45) is 3.66. The summed E-state index contributed by atoms with van der Waals surface area (Å²) < 4.78 is 7.71. The second-order valence-electron chi connectivity index (χ2n) is 6.42. The number of ether oxygens (including phenoxy) is 1. The highest BCUT2D eigenvalue weighted by Gasteiger charge is 2.24. The van der Waals surface area contributed by atoms with Crippen LogP contribution in [-0.4, -0.2) is 32.9 Å². The van der Waals surface area contributed by atoms with Crippen LogP contribution in [0.5, 0.6) is 0 Å². The number of rotatable bonds is 4. The molecule has 1 saturated heterocycles. The molecular formula is C17H23N3O2S. The first-order chi connectivity index (χ1) is 11.2. The van der Waals surface area contributed by atoms with Gasteiger partial charge in [-0.05, 0) is 25.0 Å². The van der Waals surface area contributed by atoms with E-state index in [1.54, 1.807) is 0 Å². The van der Waals surface area contributed by atoms with Crippen molar-refractivity contribution in [2.75, 3.05) is 13.2 Å². The molecule has 124 valence electrons. The van der Waals surface area contributed by atoms with Crippen molar-refractivity contribution in [1.29, 1.82) is 0 Å². The summed E-state index contributed by atoms with van der Waals surface area (Å²) in [5, 5.41) is 13.9. The van der Waals surface area contributed by atoms with Crippen LogP contribution in [0.2, 0.25) is 0 Å². The lowest BCUT2D eigenvalue weighted by atomic mass is 10.1. The van der Waals surface area contributed by atoms with Crippen LogP contribution in [0.15, 0.2) is 12.1 Å². The quantitative estimate of drug-likeness (QED) is 0.933. The Hall–Kier alpha value is -1.21. The summed E-state index contributed by atoms with van der Waals surface area (Å²) >= 11 is 1.88.